The van der Waals surface area contributed by atoms with Gasteiger partial charge in [0.2, 0.25) is 0 Å². The lowest BCUT2D eigenvalue weighted by atomic mass is 9.98. The summed E-state index contributed by atoms with van der Waals surface area (Å²) in [5.74, 6) is 1.81. The lowest BCUT2D eigenvalue weighted by molar-refractivity contribution is 0.389. The maximum Gasteiger partial charge on any atom is 0.126 e. The third-order valence-electron chi connectivity index (χ3n) is 2.95. The van der Waals surface area contributed by atoms with Gasteiger partial charge in [-0.3, -0.25) is 0 Å². The number of pyridine rings is 1. The van der Waals surface area contributed by atoms with Crippen LogP contribution in [0, 0.1) is 12.8 Å². The predicted molar refractivity (Wildman–Crippen MR) is 74.4 cm³/mol. The third-order valence-corrected chi connectivity index (χ3v) is 2.95. The van der Waals surface area contributed by atoms with Crippen LogP contribution in [0.3, 0.4) is 0 Å². The second-order valence-electron chi connectivity index (χ2n) is 4.29. The number of aryl methyl sites for hydroxylation is 1. The number of nitrogens with one attached hydrogen (secondary N) is 2. The summed E-state index contributed by atoms with van der Waals surface area (Å²) < 4.78 is 0. The van der Waals surface area contributed by atoms with Gasteiger partial charge in [0.25, 0.3) is 0 Å². The van der Waals surface area contributed by atoms with Crippen molar-refractivity contribution in [2.24, 2.45) is 5.92 Å². The Morgan fingerprint density at radius 1 is 1.35 bits per heavy atom. The number of hydrogen-bond donors (Lipinski definition) is 2. The Balaban J connectivity index is 0.000000686. The number of aromatic nitrogens is 1. The molecule has 0 amide bonds. The van der Waals surface area contributed by atoms with Crippen molar-refractivity contribution in [1.29, 1.82) is 0 Å². The topological polar surface area (TPSA) is 37.0 Å². The molecule has 2 N–H and O–H groups in total. The van der Waals surface area contributed by atoms with E-state index in [1.54, 1.807) is 0 Å². The molecule has 1 fully saturated rings. The predicted octanol–water partition coefficient (Wildman–Crippen LogP) is 2.83. The van der Waals surface area contributed by atoms with Crippen molar-refractivity contribution >= 4 is 5.82 Å². The Morgan fingerprint density at radius 3 is 2.71 bits per heavy atom. The number of hydrogen-bond acceptors (Lipinski definition) is 3. The van der Waals surface area contributed by atoms with Crippen LogP contribution in [0.15, 0.2) is 18.3 Å². The van der Waals surface area contributed by atoms with Crippen molar-refractivity contribution in [3.8, 4) is 0 Å². The van der Waals surface area contributed by atoms with Crippen LogP contribution in [-0.2, 0) is 0 Å². The van der Waals surface area contributed by atoms with Gasteiger partial charge in [0.05, 0.1) is 0 Å². The molecular weight excluding hydrogens is 210 g/mol. The van der Waals surface area contributed by atoms with Crippen LogP contribution in [0.25, 0.3) is 0 Å². The Morgan fingerprint density at radius 2 is 2.06 bits per heavy atom. The molecule has 0 saturated carbocycles. The Bertz CT molecular complexity index is 306. The molecule has 2 heterocycles. The highest BCUT2D eigenvalue weighted by Gasteiger charge is 2.12. The summed E-state index contributed by atoms with van der Waals surface area (Å²) in [6.07, 6.45) is 4.41. The molecule has 0 aliphatic carbocycles. The van der Waals surface area contributed by atoms with Crippen LogP contribution in [-0.4, -0.2) is 24.6 Å². The average molecular weight is 235 g/mol. The molecule has 1 aromatic rings. The van der Waals surface area contributed by atoms with Gasteiger partial charge in [-0.25, -0.2) is 4.98 Å². The van der Waals surface area contributed by atoms with Gasteiger partial charge in [0.1, 0.15) is 5.82 Å². The Kier molecular flexibility index (Phi) is 6.63. The highest BCUT2D eigenvalue weighted by atomic mass is 15.0. The Hall–Kier alpha value is -1.09. The van der Waals surface area contributed by atoms with Gasteiger partial charge >= 0.3 is 0 Å². The van der Waals surface area contributed by atoms with E-state index in [-0.39, 0.29) is 0 Å². The minimum Gasteiger partial charge on any atom is -0.370 e. The van der Waals surface area contributed by atoms with Crippen molar-refractivity contribution in [3.63, 3.8) is 0 Å². The highest BCUT2D eigenvalue weighted by molar-refractivity contribution is 5.36. The van der Waals surface area contributed by atoms with Gasteiger partial charge in [-0.2, -0.15) is 0 Å². The molecule has 0 radical (unpaired) electrons. The first kappa shape index (κ1) is 14.0. The van der Waals surface area contributed by atoms with Crippen LogP contribution in [0.2, 0.25) is 0 Å². The largest absolute Gasteiger partial charge is 0.370 e. The fraction of sp³-hybridized carbons (Fsp3) is 0.643. The zero-order valence-corrected chi connectivity index (χ0v) is 11.3. The molecule has 0 spiro atoms. The fourth-order valence-electron chi connectivity index (χ4n) is 1.97. The maximum absolute atomic E-state index is 4.30. The van der Waals surface area contributed by atoms with E-state index in [0.29, 0.717) is 0 Å². The summed E-state index contributed by atoms with van der Waals surface area (Å²) in [7, 11) is 0. The van der Waals surface area contributed by atoms with Crippen molar-refractivity contribution in [2.75, 3.05) is 25.0 Å². The molecule has 0 aromatic carbocycles. The molecule has 0 unspecified atom stereocenters. The van der Waals surface area contributed by atoms with Crippen molar-refractivity contribution < 1.29 is 0 Å². The van der Waals surface area contributed by atoms with E-state index in [2.05, 4.69) is 28.6 Å². The standard InChI is InChI=1S/C12H19N3.C2H6/c1-10-2-7-14-12(8-10)15-9-11-3-5-13-6-4-11;1-2/h2,7-8,11,13H,3-6,9H2,1H3,(H,14,15);1-2H3. The van der Waals surface area contributed by atoms with Gasteiger partial charge in [-0.15, -0.1) is 0 Å². The van der Waals surface area contributed by atoms with Gasteiger partial charge in [0.15, 0.2) is 0 Å². The summed E-state index contributed by atoms with van der Waals surface area (Å²) in [6, 6.07) is 4.12. The zero-order chi connectivity index (χ0) is 12.5. The first-order chi connectivity index (χ1) is 8.34. The minimum atomic E-state index is 0.800. The molecule has 0 bridgehead atoms. The number of anilines is 1. The number of nitrogens with zero attached hydrogens (tertiary/aromatic N) is 1. The first-order valence-electron chi connectivity index (χ1n) is 6.72. The monoisotopic (exact) mass is 235 g/mol. The number of piperidine rings is 1. The van der Waals surface area contributed by atoms with E-state index in [4.69, 9.17) is 0 Å². The van der Waals surface area contributed by atoms with Crippen molar-refractivity contribution in [2.45, 2.75) is 33.6 Å². The molecular formula is C14H25N3. The van der Waals surface area contributed by atoms with Crippen LogP contribution in [0.1, 0.15) is 32.3 Å². The fourth-order valence-corrected chi connectivity index (χ4v) is 1.97. The van der Waals surface area contributed by atoms with E-state index in [9.17, 15) is 0 Å². The molecule has 1 aliphatic heterocycles. The van der Waals surface area contributed by atoms with E-state index in [1.807, 2.05) is 26.1 Å². The summed E-state index contributed by atoms with van der Waals surface area (Å²) >= 11 is 0. The highest BCUT2D eigenvalue weighted by Crippen LogP contribution is 2.13. The maximum atomic E-state index is 4.30. The lowest BCUT2D eigenvalue weighted by Gasteiger charge is -2.22. The smallest absolute Gasteiger partial charge is 0.126 e. The van der Waals surface area contributed by atoms with Gasteiger partial charge in [-0.05, 0) is 56.5 Å². The molecule has 3 heteroatoms. The van der Waals surface area contributed by atoms with Gasteiger partial charge in [0, 0.05) is 12.7 Å². The molecule has 1 aromatic heterocycles. The summed E-state index contributed by atoms with van der Waals surface area (Å²) in [4.78, 5) is 4.30. The van der Waals surface area contributed by atoms with Crippen molar-refractivity contribution in [3.05, 3.63) is 23.9 Å². The number of rotatable bonds is 3. The molecule has 3 nitrogen and oxygen atoms in total. The summed E-state index contributed by atoms with van der Waals surface area (Å²) in [5, 5.41) is 6.79. The lowest BCUT2D eigenvalue weighted by Crippen LogP contribution is -2.31. The Labute approximate surface area is 105 Å². The van der Waals surface area contributed by atoms with E-state index >= 15 is 0 Å². The van der Waals surface area contributed by atoms with Gasteiger partial charge < -0.3 is 10.6 Å². The molecule has 0 atom stereocenters. The van der Waals surface area contributed by atoms with Gasteiger partial charge in [-0.1, -0.05) is 13.8 Å². The molecule has 17 heavy (non-hydrogen) atoms. The second-order valence-corrected chi connectivity index (χ2v) is 4.29. The van der Waals surface area contributed by atoms with Crippen molar-refractivity contribution in [1.82, 2.24) is 10.3 Å². The molecule has 96 valence electrons. The van der Waals surface area contributed by atoms with Crippen LogP contribution in [0.4, 0.5) is 5.82 Å². The minimum absolute atomic E-state index is 0.800. The van der Waals surface area contributed by atoms with Crippen LogP contribution >= 0.6 is 0 Å². The molecule has 1 aliphatic rings. The zero-order valence-electron chi connectivity index (χ0n) is 11.3. The second kappa shape index (κ2) is 8.07. The quantitative estimate of drug-likeness (QED) is 0.846. The van der Waals surface area contributed by atoms with Crippen LogP contribution in [0.5, 0.6) is 0 Å². The summed E-state index contributed by atoms with van der Waals surface area (Å²) in [6.45, 7) is 9.47. The summed E-state index contributed by atoms with van der Waals surface area (Å²) in [5.41, 5.74) is 1.26. The van der Waals surface area contributed by atoms with E-state index < -0.39 is 0 Å². The average Bonchev–Trinajstić information content (AvgIpc) is 2.40. The van der Waals surface area contributed by atoms with E-state index in [0.717, 1.165) is 31.4 Å². The molecule has 2 rings (SSSR count). The third kappa shape index (κ3) is 5.18. The normalized spacial score (nSPS) is 15.9. The SMILES string of the molecule is CC.Cc1ccnc(NCC2CCNCC2)c1. The van der Waals surface area contributed by atoms with E-state index in [1.165, 1.54) is 18.4 Å². The first-order valence-corrected chi connectivity index (χ1v) is 6.72. The molecule has 1 saturated heterocycles. The van der Waals surface area contributed by atoms with Crippen LogP contribution < -0.4 is 10.6 Å².